The number of benzene rings is 1. The highest BCUT2D eigenvalue weighted by Crippen LogP contribution is 2.44. The van der Waals surface area contributed by atoms with E-state index < -0.39 is 0 Å². The molecular formula is C19H22BrNO. The van der Waals surface area contributed by atoms with Crippen LogP contribution in [-0.2, 0) is 11.2 Å². The molecule has 2 nitrogen and oxygen atoms in total. The molecule has 2 heterocycles. The molecule has 2 aliphatic heterocycles. The minimum absolute atomic E-state index is 0.364. The summed E-state index contributed by atoms with van der Waals surface area (Å²) in [6.45, 7) is 0. The van der Waals surface area contributed by atoms with Gasteiger partial charge in [-0.2, -0.15) is 0 Å². The lowest BCUT2D eigenvalue weighted by Crippen LogP contribution is -2.44. The van der Waals surface area contributed by atoms with E-state index >= 15 is 0 Å². The first-order chi connectivity index (χ1) is 10.7. The molecule has 0 aromatic heterocycles. The van der Waals surface area contributed by atoms with Crippen LogP contribution in [-0.4, -0.2) is 22.9 Å². The van der Waals surface area contributed by atoms with Gasteiger partial charge in [-0.05, 0) is 56.6 Å². The lowest BCUT2D eigenvalue weighted by molar-refractivity contribution is -0.134. The molecule has 1 saturated carbocycles. The highest BCUT2D eigenvalue weighted by atomic mass is 79.9. The summed E-state index contributed by atoms with van der Waals surface area (Å²) in [5.74, 6) is 0.364. The molecule has 3 fully saturated rings. The normalized spacial score (nSPS) is 26.5. The molecule has 3 heteroatoms. The van der Waals surface area contributed by atoms with Gasteiger partial charge in [0.2, 0.25) is 5.91 Å². The van der Waals surface area contributed by atoms with E-state index in [9.17, 15) is 4.79 Å². The van der Waals surface area contributed by atoms with Crippen molar-refractivity contribution in [2.45, 2.75) is 63.5 Å². The highest BCUT2D eigenvalue weighted by Gasteiger charge is 2.42. The third kappa shape index (κ3) is 2.76. The fourth-order valence-corrected chi connectivity index (χ4v) is 4.68. The van der Waals surface area contributed by atoms with Crippen molar-refractivity contribution in [2.24, 2.45) is 0 Å². The van der Waals surface area contributed by atoms with Crippen LogP contribution in [0, 0.1) is 0 Å². The smallest absolute Gasteiger partial charge is 0.223 e. The Balaban J connectivity index is 1.41. The van der Waals surface area contributed by atoms with Gasteiger partial charge in [0.05, 0.1) is 0 Å². The summed E-state index contributed by atoms with van der Waals surface area (Å²) in [7, 11) is 0. The summed E-state index contributed by atoms with van der Waals surface area (Å²) in [5, 5.41) is 0. The van der Waals surface area contributed by atoms with Gasteiger partial charge in [0, 0.05) is 23.0 Å². The third-order valence-electron chi connectivity index (χ3n) is 5.44. The van der Waals surface area contributed by atoms with E-state index in [0.717, 1.165) is 23.7 Å². The quantitative estimate of drug-likeness (QED) is 0.720. The van der Waals surface area contributed by atoms with Crippen LogP contribution >= 0.6 is 15.9 Å². The van der Waals surface area contributed by atoms with Crippen LogP contribution in [0.4, 0.5) is 0 Å². The molecule has 116 valence electrons. The number of carbonyl (C=O) groups is 1. The van der Waals surface area contributed by atoms with Crippen LogP contribution in [0.2, 0.25) is 0 Å². The predicted molar refractivity (Wildman–Crippen MR) is 91.6 cm³/mol. The minimum Gasteiger partial charge on any atom is -0.336 e. The fourth-order valence-electron chi connectivity index (χ4n) is 4.20. The molecule has 1 amide bonds. The van der Waals surface area contributed by atoms with E-state index in [0.29, 0.717) is 24.4 Å². The predicted octanol–water partition coefficient (Wildman–Crippen LogP) is 4.63. The number of fused-ring (bicyclic) bond motifs is 2. The van der Waals surface area contributed by atoms with E-state index in [-0.39, 0.29) is 0 Å². The van der Waals surface area contributed by atoms with Gasteiger partial charge in [-0.15, -0.1) is 0 Å². The summed E-state index contributed by atoms with van der Waals surface area (Å²) >= 11 is 3.58. The fraction of sp³-hybridized carbons (Fsp3) is 0.526. The number of hydrogen-bond donors (Lipinski definition) is 0. The van der Waals surface area contributed by atoms with Crippen LogP contribution in [0.5, 0.6) is 0 Å². The molecule has 2 bridgehead atoms. The van der Waals surface area contributed by atoms with E-state index in [4.69, 9.17) is 0 Å². The van der Waals surface area contributed by atoms with Crippen LogP contribution in [0.15, 0.2) is 39.9 Å². The molecule has 2 saturated heterocycles. The second-order valence-corrected chi connectivity index (χ2v) is 7.75. The molecular weight excluding hydrogens is 338 g/mol. The van der Waals surface area contributed by atoms with Crippen LogP contribution in [0.25, 0.3) is 0 Å². The maximum Gasteiger partial charge on any atom is 0.223 e. The van der Waals surface area contributed by atoms with E-state index in [1.807, 2.05) is 12.1 Å². The Morgan fingerprint density at radius 2 is 1.77 bits per heavy atom. The second-order valence-electron chi connectivity index (χ2n) is 6.89. The topological polar surface area (TPSA) is 20.3 Å². The lowest BCUT2D eigenvalue weighted by Gasteiger charge is -2.36. The molecule has 3 aliphatic rings. The summed E-state index contributed by atoms with van der Waals surface area (Å²) < 4.78 is 1.12. The first-order valence-corrected chi connectivity index (χ1v) is 9.26. The summed E-state index contributed by atoms with van der Waals surface area (Å²) in [6.07, 6.45) is 8.87. The molecule has 1 aromatic carbocycles. The highest BCUT2D eigenvalue weighted by molar-refractivity contribution is 9.10. The first-order valence-electron chi connectivity index (χ1n) is 8.46. The van der Waals surface area contributed by atoms with Gasteiger partial charge in [0.15, 0.2) is 0 Å². The molecule has 0 spiro atoms. The number of nitrogens with zero attached hydrogens (tertiary/aromatic N) is 1. The van der Waals surface area contributed by atoms with Crippen molar-refractivity contribution in [1.82, 2.24) is 4.90 Å². The number of aryl methyl sites for hydroxylation is 1. The summed E-state index contributed by atoms with van der Waals surface area (Å²) in [6, 6.07) is 9.22. The summed E-state index contributed by atoms with van der Waals surface area (Å²) in [5.41, 5.74) is 4.64. The van der Waals surface area contributed by atoms with E-state index in [1.54, 1.807) is 11.1 Å². The van der Waals surface area contributed by atoms with Crippen LogP contribution in [0.3, 0.4) is 0 Å². The third-order valence-corrected chi connectivity index (χ3v) is 6.21. The zero-order chi connectivity index (χ0) is 15.1. The molecule has 1 aromatic rings. The molecule has 0 radical (unpaired) electrons. The first kappa shape index (κ1) is 14.5. The van der Waals surface area contributed by atoms with Gasteiger partial charge in [0.25, 0.3) is 0 Å². The van der Waals surface area contributed by atoms with Crippen molar-refractivity contribution in [1.29, 1.82) is 0 Å². The molecule has 1 aliphatic carbocycles. The molecule has 2 atom stereocenters. The Labute approximate surface area is 140 Å². The lowest BCUT2D eigenvalue weighted by atomic mass is 9.95. The Morgan fingerprint density at radius 1 is 1.09 bits per heavy atom. The van der Waals surface area contributed by atoms with Gasteiger partial charge < -0.3 is 4.90 Å². The van der Waals surface area contributed by atoms with Crippen molar-refractivity contribution in [3.05, 3.63) is 45.4 Å². The number of allylic oxidation sites excluding steroid dienone is 1. The largest absolute Gasteiger partial charge is 0.336 e. The number of hydrogen-bond acceptors (Lipinski definition) is 1. The van der Waals surface area contributed by atoms with Gasteiger partial charge in [-0.25, -0.2) is 0 Å². The summed E-state index contributed by atoms with van der Waals surface area (Å²) in [4.78, 5) is 15.0. The van der Waals surface area contributed by atoms with Crippen molar-refractivity contribution in [2.75, 3.05) is 0 Å². The van der Waals surface area contributed by atoms with Crippen molar-refractivity contribution < 1.29 is 4.79 Å². The maximum absolute atomic E-state index is 12.7. The molecule has 0 N–H and O–H groups in total. The van der Waals surface area contributed by atoms with Crippen molar-refractivity contribution in [3.63, 3.8) is 0 Å². The standard InChI is InChI=1S/C19H22BrNO/c20-18-4-2-1-3-14(18)7-10-19(22)21-16-8-9-17(21)12-15(11-16)13-5-6-13/h1-4,16-17H,5-12H2. The monoisotopic (exact) mass is 359 g/mol. The second kappa shape index (κ2) is 5.84. The maximum atomic E-state index is 12.7. The Bertz CT molecular complexity index is 614. The Kier molecular flexibility index (Phi) is 3.85. The zero-order valence-electron chi connectivity index (χ0n) is 12.9. The minimum atomic E-state index is 0.364. The average Bonchev–Trinajstić information content (AvgIpc) is 3.32. The van der Waals surface area contributed by atoms with Crippen molar-refractivity contribution in [3.8, 4) is 0 Å². The number of halogens is 1. The number of carbonyl (C=O) groups excluding carboxylic acids is 1. The Hall–Kier alpha value is -1.09. The number of amides is 1. The average molecular weight is 360 g/mol. The molecule has 4 rings (SSSR count). The van der Waals surface area contributed by atoms with Crippen LogP contribution < -0.4 is 0 Å². The Morgan fingerprint density at radius 3 is 2.41 bits per heavy atom. The zero-order valence-corrected chi connectivity index (χ0v) is 14.4. The van der Waals surface area contributed by atoms with Crippen LogP contribution in [0.1, 0.15) is 50.5 Å². The molecule has 22 heavy (non-hydrogen) atoms. The van der Waals surface area contributed by atoms with Gasteiger partial charge in [0.1, 0.15) is 0 Å². The van der Waals surface area contributed by atoms with Gasteiger partial charge >= 0.3 is 0 Å². The van der Waals surface area contributed by atoms with E-state index in [2.05, 4.69) is 33.0 Å². The van der Waals surface area contributed by atoms with Gasteiger partial charge in [-0.3, -0.25) is 4.79 Å². The van der Waals surface area contributed by atoms with Gasteiger partial charge in [-0.1, -0.05) is 45.3 Å². The number of piperidine rings is 1. The SMILES string of the molecule is O=C(CCc1ccccc1Br)N1C2CCC1CC(=C1CC1)C2. The number of rotatable bonds is 3. The van der Waals surface area contributed by atoms with E-state index in [1.165, 1.54) is 31.2 Å². The molecule has 2 unspecified atom stereocenters. The van der Waals surface area contributed by atoms with Crippen molar-refractivity contribution >= 4 is 21.8 Å².